The van der Waals surface area contributed by atoms with Crippen LogP contribution in [0.5, 0.6) is 0 Å². The Balaban J connectivity index is 1.91. The van der Waals surface area contributed by atoms with Gasteiger partial charge in [0.25, 0.3) is 0 Å². The molecule has 0 radical (unpaired) electrons. The van der Waals surface area contributed by atoms with Crippen molar-refractivity contribution in [3.63, 3.8) is 0 Å². The minimum absolute atomic E-state index is 0.1000. The molecule has 9 nitrogen and oxygen atoms in total. The summed E-state index contributed by atoms with van der Waals surface area (Å²) in [7, 11) is 0.146. The van der Waals surface area contributed by atoms with E-state index in [1.165, 1.54) is 16.4 Å². The maximum absolute atomic E-state index is 12.7. The van der Waals surface area contributed by atoms with Gasteiger partial charge in [-0.3, -0.25) is 9.59 Å². The molecule has 144 valence electrons. The van der Waals surface area contributed by atoms with Crippen molar-refractivity contribution in [3.8, 4) is 0 Å². The third-order valence-electron chi connectivity index (χ3n) is 3.85. The maximum Gasteiger partial charge on any atom is 0.309 e. The molecular weight excluding hydrogens is 360 g/mol. The van der Waals surface area contributed by atoms with E-state index in [2.05, 4.69) is 10.6 Å². The van der Waals surface area contributed by atoms with Gasteiger partial charge in [0.15, 0.2) is 0 Å². The molecule has 1 heterocycles. The lowest BCUT2D eigenvalue weighted by atomic mass is 10.4. The van der Waals surface area contributed by atoms with Gasteiger partial charge in [0, 0.05) is 6.54 Å². The Morgan fingerprint density at radius 2 is 1.85 bits per heavy atom. The highest BCUT2D eigenvalue weighted by Gasteiger charge is 2.36. The minimum Gasteiger partial charge on any atom is -0.359 e. The average molecular weight is 385 g/mol. The number of nitrogens with one attached hydrogen (secondary N) is 3. The highest BCUT2D eigenvalue weighted by Crippen LogP contribution is 2.21. The predicted octanol–water partition coefficient (Wildman–Crippen LogP) is -2.59. The Morgan fingerprint density at radius 3 is 2.50 bits per heavy atom. The van der Waals surface area contributed by atoms with Crippen LogP contribution in [0.3, 0.4) is 0 Å². The van der Waals surface area contributed by atoms with E-state index < -0.39 is 28.1 Å². The predicted molar refractivity (Wildman–Crippen MR) is 93.8 cm³/mol. The first-order chi connectivity index (χ1) is 12.3. The Bertz CT molecular complexity index is 723. The van der Waals surface area contributed by atoms with Crippen LogP contribution in [-0.4, -0.2) is 77.6 Å². The van der Waals surface area contributed by atoms with Gasteiger partial charge in [-0.25, -0.2) is 8.42 Å². The highest BCUT2D eigenvalue weighted by molar-refractivity contribution is 7.89. The standard InChI is InChI=1S/C16H24N4O5S/c1-19(2)9-8-17-15(21)16(22)18-12-14-20(10-11-25-14)26(23,24)13-6-4-3-5-7-13/h3-7,14H,8-12H2,1-2H3,(H,17,21)(H,18,22)/p+1/t14-/m1/s1. The second kappa shape index (κ2) is 9.08. The zero-order valence-electron chi connectivity index (χ0n) is 14.9. The van der Waals surface area contributed by atoms with Crippen LogP contribution in [0.15, 0.2) is 35.2 Å². The number of sulfonamides is 1. The number of ether oxygens (including phenoxy) is 1. The number of quaternary nitrogens is 1. The summed E-state index contributed by atoms with van der Waals surface area (Å²) in [6, 6.07) is 8.02. The Kier molecular flexibility index (Phi) is 7.09. The van der Waals surface area contributed by atoms with Crippen molar-refractivity contribution in [2.24, 2.45) is 0 Å². The van der Waals surface area contributed by atoms with Crippen LogP contribution in [0.25, 0.3) is 0 Å². The van der Waals surface area contributed by atoms with Crippen molar-refractivity contribution in [1.29, 1.82) is 0 Å². The molecule has 1 saturated heterocycles. The average Bonchev–Trinajstić information content (AvgIpc) is 3.09. The number of hydrogen-bond donors (Lipinski definition) is 3. The van der Waals surface area contributed by atoms with Crippen LogP contribution >= 0.6 is 0 Å². The summed E-state index contributed by atoms with van der Waals surface area (Å²) in [4.78, 5) is 24.9. The highest BCUT2D eigenvalue weighted by atomic mass is 32.2. The topological polar surface area (TPSA) is 109 Å². The molecule has 0 saturated carbocycles. The van der Waals surface area contributed by atoms with Crippen LogP contribution in [0.1, 0.15) is 0 Å². The van der Waals surface area contributed by atoms with Crippen molar-refractivity contribution >= 4 is 21.8 Å². The van der Waals surface area contributed by atoms with Crippen LogP contribution in [-0.2, 0) is 24.3 Å². The molecule has 0 unspecified atom stereocenters. The van der Waals surface area contributed by atoms with Gasteiger partial charge in [-0.1, -0.05) is 18.2 Å². The number of nitrogens with zero attached hydrogens (tertiary/aromatic N) is 1. The fraction of sp³-hybridized carbons (Fsp3) is 0.500. The van der Waals surface area contributed by atoms with E-state index in [1.807, 2.05) is 14.1 Å². The van der Waals surface area contributed by atoms with Gasteiger partial charge in [-0.15, -0.1) is 0 Å². The zero-order valence-corrected chi connectivity index (χ0v) is 15.7. The zero-order chi connectivity index (χ0) is 19.2. The van der Waals surface area contributed by atoms with E-state index in [0.717, 1.165) is 4.90 Å². The second-order valence-electron chi connectivity index (χ2n) is 6.18. The van der Waals surface area contributed by atoms with Crippen molar-refractivity contribution < 1.29 is 27.6 Å². The SMILES string of the molecule is C[NH+](C)CCNC(=O)C(=O)NC[C@H]1OCCN1S(=O)(=O)c1ccccc1. The van der Waals surface area contributed by atoms with E-state index in [4.69, 9.17) is 4.74 Å². The summed E-state index contributed by atoms with van der Waals surface area (Å²) in [5.41, 5.74) is 0. The van der Waals surface area contributed by atoms with Crippen LogP contribution in [0, 0.1) is 0 Å². The molecule has 1 aliphatic heterocycles. The normalized spacial score (nSPS) is 18.0. The molecule has 1 aromatic carbocycles. The molecule has 0 spiro atoms. The van der Waals surface area contributed by atoms with Gasteiger partial charge in [-0.05, 0) is 12.1 Å². The summed E-state index contributed by atoms with van der Waals surface area (Å²) < 4.78 is 32.0. The third-order valence-corrected chi connectivity index (χ3v) is 5.75. The van der Waals surface area contributed by atoms with E-state index >= 15 is 0 Å². The molecule has 3 N–H and O–H groups in total. The number of hydrogen-bond acceptors (Lipinski definition) is 5. The number of carbonyl (C=O) groups excluding carboxylic acids is 2. The molecule has 0 bridgehead atoms. The lowest BCUT2D eigenvalue weighted by molar-refractivity contribution is -0.856. The largest absolute Gasteiger partial charge is 0.359 e. The Labute approximate surface area is 153 Å². The number of amides is 2. The monoisotopic (exact) mass is 385 g/mol. The summed E-state index contributed by atoms with van der Waals surface area (Å²) in [5.74, 6) is -1.56. The summed E-state index contributed by atoms with van der Waals surface area (Å²) in [5, 5.41) is 4.94. The van der Waals surface area contributed by atoms with Gasteiger partial charge in [0.2, 0.25) is 10.0 Å². The molecule has 1 fully saturated rings. The van der Waals surface area contributed by atoms with E-state index in [-0.39, 0.29) is 24.6 Å². The first-order valence-electron chi connectivity index (χ1n) is 8.36. The molecule has 1 aromatic rings. The molecule has 1 atom stereocenters. The number of carbonyl (C=O) groups is 2. The fourth-order valence-corrected chi connectivity index (χ4v) is 3.97. The van der Waals surface area contributed by atoms with E-state index in [0.29, 0.717) is 13.1 Å². The van der Waals surface area contributed by atoms with Gasteiger partial charge in [0.1, 0.15) is 6.23 Å². The first kappa shape index (κ1) is 20.3. The lowest BCUT2D eigenvalue weighted by Crippen LogP contribution is -3.06. The van der Waals surface area contributed by atoms with Crippen LogP contribution < -0.4 is 15.5 Å². The molecular formula is C16H25N4O5S+. The number of benzene rings is 1. The molecule has 10 heteroatoms. The van der Waals surface area contributed by atoms with Crippen molar-refractivity contribution in [1.82, 2.24) is 14.9 Å². The van der Waals surface area contributed by atoms with Crippen molar-refractivity contribution in [3.05, 3.63) is 30.3 Å². The minimum atomic E-state index is -3.73. The summed E-state index contributed by atoms with van der Waals surface area (Å²) in [6.45, 7) is 1.38. The molecule has 2 rings (SSSR count). The van der Waals surface area contributed by atoms with Crippen LogP contribution in [0.4, 0.5) is 0 Å². The Morgan fingerprint density at radius 1 is 1.19 bits per heavy atom. The van der Waals surface area contributed by atoms with Crippen molar-refractivity contribution in [2.45, 2.75) is 11.1 Å². The molecule has 1 aliphatic rings. The Hall–Kier alpha value is -2.01. The number of likely N-dealkylation sites (N-methyl/N-ethyl adjacent to an activating group) is 1. The maximum atomic E-state index is 12.7. The van der Waals surface area contributed by atoms with Crippen molar-refractivity contribution in [2.75, 3.05) is 46.9 Å². The van der Waals surface area contributed by atoms with Gasteiger partial charge < -0.3 is 20.3 Å². The smallest absolute Gasteiger partial charge is 0.309 e. The van der Waals surface area contributed by atoms with Gasteiger partial charge in [-0.2, -0.15) is 4.31 Å². The number of rotatable bonds is 7. The molecule has 0 aliphatic carbocycles. The summed E-state index contributed by atoms with van der Waals surface area (Å²) >= 11 is 0. The van der Waals surface area contributed by atoms with E-state index in [9.17, 15) is 18.0 Å². The molecule has 26 heavy (non-hydrogen) atoms. The van der Waals surface area contributed by atoms with Gasteiger partial charge in [0.05, 0.1) is 45.2 Å². The lowest BCUT2D eigenvalue weighted by Gasteiger charge is -2.22. The quantitative estimate of drug-likeness (QED) is 0.447. The van der Waals surface area contributed by atoms with E-state index in [1.54, 1.807) is 18.2 Å². The van der Waals surface area contributed by atoms with Crippen LogP contribution in [0.2, 0.25) is 0 Å². The third kappa shape index (κ3) is 5.24. The molecule has 0 aromatic heterocycles. The second-order valence-corrected chi connectivity index (χ2v) is 8.07. The molecule has 2 amide bonds. The fourth-order valence-electron chi connectivity index (χ4n) is 2.44. The van der Waals surface area contributed by atoms with Gasteiger partial charge >= 0.3 is 11.8 Å². The first-order valence-corrected chi connectivity index (χ1v) is 9.80. The summed E-state index contributed by atoms with van der Waals surface area (Å²) in [6.07, 6.45) is -0.844.